The number of hydrogen-bond donors (Lipinski definition) is 1. The SMILES string of the molecule is CN(C)CCCc1ccc(N)nc1. The van der Waals surface area contributed by atoms with Gasteiger partial charge in [0.2, 0.25) is 0 Å². The predicted molar refractivity (Wildman–Crippen MR) is 55.5 cm³/mol. The first-order chi connectivity index (χ1) is 6.18. The molecule has 13 heavy (non-hydrogen) atoms. The Morgan fingerprint density at radius 2 is 2.15 bits per heavy atom. The minimum Gasteiger partial charge on any atom is -0.384 e. The van der Waals surface area contributed by atoms with Crippen LogP contribution in [-0.2, 0) is 6.42 Å². The van der Waals surface area contributed by atoms with Crippen LogP contribution in [-0.4, -0.2) is 30.5 Å². The predicted octanol–water partition coefficient (Wildman–Crippen LogP) is 1.16. The molecule has 2 N–H and O–H groups in total. The molecule has 0 bridgehead atoms. The number of nitrogens with two attached hydrogens (primary N) is 1. The highest BCUT2D eigenvalue weighted by atomic mass is 15.0. The molecule has 1 aromatic rings. The normalized spacial score (nSPS) is 10.7. The fourth-order valence-electron chi connectivity index (χ4n) is 1.18. The van der Waals surface area contributed by atoms with Crippen molar-refractivity contribution in [3.63, 3.8) is 0 Å². The molecular weight excluding hydrogens is 162 g/mol. The Balaban J connectivity index is 2.33. The van der Waals surface area contributed by atoms with Gasteiger partial charge >= 0.3 is 0 Å². The van der Waals surface area contributed by atoms with E-state index in [1.54, 1.807) is 0 Å². The van der Waals surface area contributed by atoms with Gasteiger partial charge in [-0.1, -0.05) is 6.07 Å². The van der Waals surface area contributed by atoms with E-state index < -0.39 is 0 Å². The summed E-state index contributed by atoms with van der Waals surface area (Å²) in [5.41, 5.74) is 6.74. The molecule has 0 atom stereocenters. The summed E-state index contributed by atoms with van der Waals surface area (Å²) >= 11 is 0. The highest BCUT2D eigenvalue weighted by Crippen LogP contribution is 2.04. The van der Waals surface area contributed by atoms with Gasteiger partial charge in [0.25, 0.3) is 0 Å². The molecule has 0 aliphatic rings. The Bertz CT molecular complexity index is 241. The molecule has 0 spiro atoms. The molecule has 0 aromatic carbocycles. The van der Waals surface area contributed by atoms with Crippen LogP contribution >= 0.6 is 0 Å². The van der Waals surface area contributed by atoms with Crippen LogP contribution in [0.15, 0.2) is 18.3 Å². The largest absolute Gasteiger partial charge is 0.384 e. The van der Waals surface area contributed by atoms with Gasteiger partial charge in [-0.3, -0.25) is 0 Å². The molecule has 0 aliphatic carbocycles. The zero-order valence-corrected chi connectivity index (χ0v) is 8.33. The molecule has 72 valence electrons. The van der Waals surface area contributed by atoms with Crippen LogP contribution in [0, 0.1) is 0 Å². The summed E-state index contributed by atoms with van der Waals surface area (Å²) in [6.45, 7) is 1.12. The maximum atomic E-state index is 5.48. The maximum absolute atomic E-state index is 5.48. The summed E-state index contributed by atoms with van der Waals surface area (Å²) in [5, 5.41) is 0. The summed E-state index contributed by atoms with van der Waals surface area (Å²) < 4.78 is 0. The van der Waals surface area contributed by atoms with E-state index in [1.165, 1.54) is 12.0 Å². The van der Waals surface area contributed by atoms with Crippen molar-refractivity contribution < 1.29 is 0 Å². The van der Waals surface area contributed by atoms with Gasteiger partial charge in [-0.05, 0) is 45.1 Å². The lowest BCUT2D eigenvalue weighted by Crippen LogP contribution is -2.13. The zero-order chi connectivity index (χ0) is 9.68. The second-order valence-corrected chi connectivity index (χ2v) is 3.50. The van der Waals surface area contributed by atoms with Gasteiger partial charge in [-0.15, -0.1) is 0 Å². The van der Waals surface area contributed by atoms with E-state index in [1.807, 2.05) is 18.3 Å². The van der Waals surface area contributed by atoms with Gasteiger partial charge in [0, 0.05) is 6.20 Å². The van der Waals surface area contributed by atoms with Crippen LogP contribution in [0.5, 0.6) is 0 Å². The average molecular weight is 179 g/mol. The number of anilines is 1. The molecule has 0 aliphatic heterocycles. The Labute approximate surface area is 79.6 Å². The Hall–Kier alpha value is -1.09. The van der Waals surface area contributed by atoms with Crippen molar-refractivity contribution in [3.05, 3.63) is 23.9 Å². The van der Waals surface area contributed by atoms with Crippen LogP contribution in [0.3, 0.4) is 0 Å². The Morgan fingerprint density at radius 1 is 1.38 bits per heavy atom. The number of nitrogen functional groups attached to an aromatic ring is 1. The van der Waals surface area contributed by atoms with Gasteiger partial charge in [-0.25, -0.2) is 4.98 Å². The molecule has 1 heterocycles. The molecule has 0 amide bonds. The van der Waals surface area contributed by atoms with E-state index in [9.17, 15) is 0 Å². The second-order valence-electron chi connectivity index (χ2n) is 3.50. The summed E-state index contributed by atoms with van der Waals surface area (Å²) in [6, 6.07) is 3.89. The average Bonchev–Trinajstić information content (AvgIpc) is 2.08. The van der Waals surface area contributed by atoms with Crippen LogP contribution in [0.2, 0.25) is 0 Å². The first-order valence-corrected chi connectivity index (χ1v) is 4.53. The monoisotopic (exact) mass is 179 g/mol. The van der Waals surface area contributed by atoms with E-state index in [-0.39, 0.29) is 0 Å². The minimum absolute atomic E-state index is 0.594. The van der Waals surface area contributed by atoms with Crippen molar-refractivity contribution in [2.45, 2.75) is 12.8 Å². The molecule has 0 saturated carbocycles. The van der Waals surface area contributed by atoms with E-state index in [0.29, 0.717) is 5.82 Å². The lowest BCUT2D eigenvalue weighted by atomic mass is 10.1. The van der Waals surface area contributed by atoms with Crippen molar-refractivity contribution in [3.8, 4) is 0 Å². The van der Waals surface area contributed by atoms with Crippen molar-refractivity contribution >= 4 is 5.82 Å². The third kappa shape index (κ3) is 3.90. The third-order valence-electron chi connectivity index (χ3n) is 1.92. The van der Waals surface area contributed by atoms with Crippen LogP contribution in [0.4, 0.5) is 5.82 Å². The quantitative estimate of drug-likeness (QED) is 0.754. The van der Waals surface area contributed by atoms with Crippen molar-refractivity contribution in [1.82, 2.24) is 9.88 Å². The molecular formula is C10H17N3. The fourth-order valence-corrected chi connectivity index (χ4v) is 1.18. The van der Waals surface area contributed by atoms with E-state index in [0.717, 1.165) is 13.0 Å². The second kappa shape index (κ2) is 4.82. The number of pyridine rings is 1. The van der Waals surface area contributed by atoms with Crippen molar-refractivity contribution in [2.24, 2.45) is 0 Å². The van der Waals surface area contributed by atoms with Crippen LogP contribution < -0.4 is 5.73 Å². The van der Waals surface area contributed by atoms with E-state index >= 15 is 0 Å². The molecule has 3 nitrogen and oxygen atoms in total. The lowest BCUT2D eigenvalue weighted by Gasteiger charge is -2.08. The molecule has 0 unspecified atom stereocenters. The lowest BCUT2D eigenvalue weighted by molar-refractivity contribution is 0.400. The molecule has 3 heteroatoms. The minimum atomic E-state index is 0.594. The number of rotatable bonds is 4. The smallest absolute Gasteiger partial charge is 0.123 e. The van der Waals surface area contributed by atoms with E-state index in [4.69, 9.17) is 5.73 Å². The van der Waals surface area contributed by atoms with Gasteiger partial charge in [0.15, 0.2) is 0 Å². The molecule has 1 rings (SSSR count). The van der Waals surface area contributed by atoms with Crippen LogP contribution in [0.1, 0.15) is 12.0 Å². The molecule has 0 radical (unpaired) electrons. The maximum Gasteiger partial charge on any atom is 0.123 e. The van der Waals surface area contributed by atoms with Gasteiger partial charge in [0.1, 0.15) is 5.82 Å². The standard InChI is InChI=1S/C10H17N3/c1-13(2)7-3-4-9-5-6-10(11)12-8-9/h5-6,8H,3-4,7H2,1-2H3,(H2,11,12). The Morgan fingerprint density at radius 3 is 2.69 bits per heavy atom. The highest BCUT2D eigenvalue weighted by Gasteiger charge is 1.94. The summed E-state index contributed by atoms with van der Waals surface area (Å²) in [4.78, 5) is 6.23. The van der Waals surface area contributed by atoms with Crippen molar-refractivity contribution in [1.29, 1.82) is 0 Å². The van der Waals surface area contributed by atoms with Gasteiger partial charge in [-0.2, -0.15) is 0 Å². The number of nitrogens with zero attached hydrogens (tertiary/aromatic N) is 2. The number of aromatic nitrogens is 1. The molecule has 0 saturated heterocycles. The zero-order valence-electron chi connectivity index (χ0n) is 8.33. The Kier molecular flexibility index (Phi) is 3.71. The first kappa shape index (κ1) is 9.99. The van der Waals surface area contributed by atoms with Gasteiger partial charge < -0.3 is 10.6 Å². The van der Waals surface area contributed by atoms with Crippen LogP contribution in [0.25, 0.3) is 0 Å². The third-order valence-corrected chi connectivity index (χ3v) is 1.92. The summed E-state index contributed by atoms with van der Waals surface area (Å²) in [7, 11) is 4.17. The van der Waals surface area contributed by atoms with E-state index in [2.05, 4.69) is 24.0 Å². The molecule has 1 aromatic heterocycles. The summed E-state index contributed by atoms with van der Waals surface area (Å²) in [6.07, 6.45) is 4.09. The van der Waals surface area contributed by atoms with Gasteiger partial charge in [0.05, 0.1) is 0 Å². The molecule has 0 fully saturated rings. The highest BCUT2D eigenvalue weighted by molar-refractivity contribution is 5.29. The fraction of sp³-hybridized carbons (Fsp3) is 0.500. The van der Waals surface area contributed by atoms with Crippen molar-refractivity contribution in [2.75, 3.05) is 26.4 Å². The number of hydrogen-bond acceptors (Lipinski definition) is 3. The topological polar surface area (TPSA) is 42.1 Å². The summed E-state index contributed by atoms with van der Waals surface area (Å²) in [5.74, 6) is 0.594. The first-order valence-electron chi connectivity index (χ1n) is 4.53. The number of aryl methyl sites for hydroxylation is 1.